The second-order valence-corrected chi connectivity index (χ2v) is 5.89. The lowest BCUT2D eigenvalue weighted by molar-refractivity contribution is -0.113. The first-order valence-corrected chi connectivity index (χ1v) is 7.46. The third kappa shape index (κ3) is 3.05. The Hall–Kier alpha value is -0.880. The van der Waals surface area contributed by atoms with Crippen molar-refractivity contribution in [2.45, 2.75) is 11.8 Å². The molecule has 16 heavy (non-hydrogen) atoms. The monoisotopic (exact) mass is 305 g/mol. The van der Waals surface area contributed by atoms with Gasteiger partial charge >= 0.3 is 0 Å². The minimum Gasteiger partial charge on any atom is -0.324 e. The van der Waals surface area contributed by atoms with E-state index in [1.54, 1.807) is 25.1 Å². The molecule has 0 saturated heterocycles. The van der Waals surface area contributed by atoms with Gasteiger partial charge in [0.1, 0.15) is 0 Å². The van der Waals surface area contributed by atoms with Gasteiger partial charge in [0.05, 0.1) is 21.7 Å². The number of amides is 1. The summed E-state index contributed by atoms with van der Waals surface area (Å²) in [4.78, 5) is 11.4. The van der Waals surface area contributed by atoms with Gasteiger partial charge in [-0.15, -0.1) is 0 Å². The molecule has 1 rings (SSSR count). The summed E-state index contributed by atoms with van der Waals surface area (Å²) < 4.78 is 23.5. The number of nitrogens with one attached hydrogen (secondary N) is 1. The zero-order valence-corrected chi connectivity index (χ0v) is 11.1. The van der Waals surface area contributed by atoms with Crippen molar-refractivity contribution in [2.24, 2.45) is 0 Å². The van der Waals surface area contributed by atoms with Crippen LogP contribution in [0.15, 0.2) is 29.2 Å². The Balaban J connectivity index is 3.16. The molecule has 1 N–H and O–H groups in total. The molecule has 1 aromatic carbocycles. The fraction of sp³-hybridized carbons (Fsp3) is 0.300. The quantitative estimate of drug-likeness (QED) is 0.863. The summed E-state index contributed by atoms with van der Waals surface area (Å²) in [7, 11) is -3.31. The van der Waals surface area contributed by atoms with Gasteiger partial charge < -0.3 is 5.32 Å². The Labute approximate surface area is 103 Å². The van der Waals surface area contributed by atoms with Crippen LogP contribution >= 0.6 is 15.9 Å². The lowest BCUT2D eigenvalue weighted by atomic mass is 10.3. The van der Waals surface area contributed by atoms with E-state index in [0.29, 0.717) is 5.69 Å². The van der Waals surface area contributed by atoms with Crippen LogP contribution in [-0.4, -0.2) is 25.4 Å². The minimum atomic E-state index is -3.31. The van der Waals surface area contributed by atoms with Crippen LogP contribution in [-0.2, 0) is 14.6 Å². The molecule has 6 heteroatoms. The van der Waals surface area contributed by atoms with Crippen molar-refractivity contribution in [2.75, 3.05) is 16.4 Å². The van der Waals surface area contributed by atoms with E-state index in [9.17, 15) is 13.2 Å². The average molecular weight is 306 g/mol. The first-order valence-electron chi connectivity index (χ1n) is 4.69. The van der Waals surface area contributed by atoms with Crippen molar-refractivity contribution in [3.05, 3.63) is 24.3 Å². The third-order valence-corrected chi connectivity index (χ3v) is 4.29. The fourth-order valence-electron chi connectivity index (χ4n) is 1.18. The van der Waals surface area contributed by atoms with E-state index in [4.69, 9.17) is 0 Å². The third-order valence-electron chi connectivity index (χ3n) is 2.00. The number of sulfone groups is 1. The number of carbonyl (C=O) groups excluding carboxylic acids is 1. The summed E-state index contributed by atoms with van der Waals surface area (Å²) in [5.41, 5.74) is 0.328. The van der Waals surface area contributed by atoms with E-state index >= 15 is 0 Å². The summed E-state index contributed by atoms with van der Waals surface area (Å²) in [6.07, 6.45) is 0. The Kier molecular flexibility index (Phi) is 4.49. The van der Waals surface area contributed by atoms with Gasteiger partial charge in [-0.3, -0.25) is 4.79 Å². The van der Waals surface area contributed by atoms with Gasteiger partial charge in [-0.25, -0.2) is 8.42 Å². The molecule has 4 nitrogen and oxygen atoms in total. The maximum Gasteiger partial charge on any atom is 0.235 e. The Morgan fingerprint density at radius 2 is 2.00 bits per heavy atom. The molecule has 0 saturated carbocycles. The lowest BCUT2D eigenvalue weighted by Crippen LogP contribution is -2.15. The molecule has 0 heterocycles. The van der Waals surface area contributed by atoms with Gasteiger partial charge in [0.25, 0.3) is 0 Å². The molecule has 0 spiro atoms. The molecule has 0 fully saturated rings. The molecule has 88 valence electrons. The van der Waals surface area contributed by atoms with Crippen LogP contribution in [0.3, 0.4) is 0 Å². The van der Waals surface area contributed by atoms with Gasteiger partial charge in [0.15, 0.2) is 9.84 Å². The van der Waals surface area contributed by atoms with Crippen molar-refractivity contribution in [3.63, 3.8) is 0 Å². The summed E-state index contributed by atoms with van der Waals surface area (Å²) in [6, 6.07) is 6.37. The van der Waals surface area contributed by atoms with Crippen molar-refractivity contribution in [1.29, 1.82) is 0 Å². The first-order chi connectivity index (χ1) is 7.51. The van der Waals surface area contributed by atoms with Crippen LogP contribution in [0.25, 0.3) is 0 Å². The van der Waals surface area contributed by atoms with Crippen LogP contribution in [0.1, 0.15) is 6.92 Å². The summed E-state index contributed by atoms with van der Waals surface area (Å²) >= 11 is 3.00. The first kappa shape index (κ1) is 13.2. The van der Waals surface area contributed by atoms with Gasteiger partial charge in [0, 0.05) is 0 Å². The van der Waals surface area contributed by atoms with Crippen molar-refractivity contribution >= 4 is 37.4 Å². The number of benzene rings is 1. The zero-order valence-electron chi connectivity index (χ0n) is 8.73. The van der Waals surface area contributed by atoms with Crippen LogP contribution < -0.4 is 5.32 Å². The molecule has 1 aromatic rings. The van der Waals surface area contributed by atoms with Gasteiger partial charge in [-0.2, -0.15) is 0 Å². The standard InChI is InChI=1S/C10H12BrNO3S/c1-2-16(14,15)9-6-4-3-5-8(9)12-10(13)7-11/h3-6H,2,7H2,1H3,(H,12,13). The molecule has 0 aliphatic rings. The second kappa shape index (κ2) is 5.45. The lowest BCUT2D eigenvalue weighted by Gasteiger charge is -2.09. The maximum atomic E-state index is 11.7. The van der Waals surface area contributed by atoms with Crippen molar-refractivity contribution in [3.8, 4) is 0 Å². The number of hydrogen-bond donors (Lipinski definition) is 1. The van der Waals surface area contributed by atoms with E-state index < -0.39 is 9.84 Å². The van der Waals surface area contributed by atoms with Crippen LogP contribution in [0.5, 0.6) is 0 Å². The zero-order chi connectivity index (χ0) is 12.2. The summed E-state index contributed by atoms with van der Waals surface area (Å²) in [5, 5.41) is 2.67. The average Bonchev–Trinajstić information content (AvgIpc) is 2.29. The molecule has 1 amide bonds. The largest absolute Gasteiger partial charge is 0.324 e. The molecule has 0 aliphatic carbocycles. The molecule has 0 bridgehead atoms. The normalized spacial score (nSPS) is 11.1. The number of alkyl halides is 1. The number of rotatable bonds is 4. The van der Waals surface area contributed by atoms with Crippen LogP contribution in [0.4, 0.5) is 5.69 Å². The highest BCUT2D eigenvalue weighted by Gasteiger charge is 2.16. The van der Waals surface area contributed by atoms with Gasteiger partial charge in [0.2, 0.25) is 5.91 Å². The molecule has 0 unspecified atom stereocenters. The molecule has 0 radical (unpaired) electrons. The minimum absolute atomic E-state index is 0.00813. The Morgan fingerprint density at radius 1 is 1.38 bits per heavy atom. The predicted molar refractivity (Wildman–Crippen MR) is 66.6 cm³/mol. The molecule has 0 aromatic heterocycles. The molecular weight excluding hydrogens is 294 g/mol. The smallest absolute Gasteiger partial charge is 0.235 e. The SMILES string of the molecule is CCS(=O)(=O)c1ccccc1NC(=O)CBr. The summed E-state index contributed by atoms with van der Waals surface area (Å²) in [6.45, 7) is 1.57. The second-order valence-electron chi connectivity index (χ2n) is 3.08. The van der Waals surface area contributed by atoms with Crippen molar-refractivity contribution < 1.29 is 13.2 Å². The van der Waals surface area contributed by atoms with E-state index in [-0.39, 0.29) is 21.9 Å². The predicted octanol–water partition coefficient (Wildman–Crippen LogP) is 1.81. The number of hydrogen-bond acceptors (Lipinski definition) is 3. The van der Waals surface area contributed by atoms with E-state index in [1.165, 1.54) is 6.07 Å². The number of carbonyl (C=O) groups is 1. The van der Waals surface area contributed by atoms with Crippen LogP contribution in [0, 0.1) is 0 Å². The highest BCUT2D eigenvalue weighted by molar-refractivity contribution is 9.09. The van der Waals surface area contributed by atoms with E-state index in [2.05, 4.69) is 21.2 Å². The molecule has 0 aliphatic heterocycles. The topological polar surface area (TPSA) is 63.2 Å². The Morgan fingerprint density at radius 3 is 2.56 bits per heavy atom. The number of halogens is 1. The molecular formula is C10H12BrNO3S. The van der Waals surface area contributed by atoms with Gasteiger partial charge in [-0.05, 0) is 12.1 Å². The summed E-state index contributed by atoms with van der Waals surface area (Å²) in [5.74, 6) is -0.271. The Bertz CT molecular complexity index is 485. The van der Waals surface area contributed by atoms with E-state index in [0.717, 1.165) is 0 Å². The number of para-hydroxylation sites is 1. The fourth-order valence-corrected chi connectivity index (χ4v) is 2.37. The highest BCUT2D eigenvalue weighted by Crippen LogP contribution is 2.21. The highest BCUT2D eigenvalue weighted by atomic mass is 79.9. The number of anilines is 1. The van der Waals surface area contributed by atoms with Gasteiger partial charge in [-0.1, -0.05) is 35.0 Å². The van der Waals surface area contributed by atoms with E-state index in [1.807, 2.05) is 0 Å². The maximum absolute atomic E-state index is 11.7. The molecule has 0 atom stereocenters. The van der Waals surface area contributed by atoms with Crippen LogP contribution in [0.2, 0.25) is 0 Å². The van der Waals surface area contributed by atoms with Crippen molar-refractivity contribution in [1.82, 2.24) is 0 Å².